The maximum Gasteiger partial charge on any atom is 0.0638 e. The average Bonchev–Trinajstić information content (AvgIpc) is 1.91. The van der Waals surface area contributed by atoms with Gasteiger partial charge in [-0.15, -0.1) is 0 Å². The molecule has 0 spiro atoms. The molecule has 0 N–H and O–H groups in total. The topological polar surface area (TPSA) is 15.6 Å². The van der Waals surface area contributed by atoms with Gasteiger partial charge >= 0.3 is 0 Å². The zero-order valence-corrected chi connectivity index (χ0v) is 5.20. The van der Waals surface area contributed by atoms with Crippen LogP contribution in [0.15, 0.2) is 5.10 Å². The van der Waals surface area contributed by atoms with Gasteiger partial charge in [-0.05, 0) is 6.26 Å². The molecular formula is C4H7N2S. The highest BCUT2D eigenvalue weighted by molar-refractivity contribution is 8.13. The maximum atomic E-state index is 3.93. The number of nitrogens with zero attached hydrogens (tertiary/aromatic N) is 2. The average molecular weight is 115 g/mol. The van der Waals surface area contributed by atoms with Crippen LogP contribution in [-0.4, -0.2) is 29.3 Å². The molecule has 0 amide bonds. The molecule has 7 heavy (non-hydrogen) atoms. The van der Waals surface area contributed by atoms with Gasteiger partial charge in [0.05, 0.1) is 11.6 Å². The zero-order chi connectivity index (χ0) is 5.28. The van der Waals surface area contributed by atoms with Crippen molar-refractivity contribution in [3.8, 4) is 0 Å². The second-order valence-corrected chi connectivity index (χ2v) is 3.02. The summed E-state index contributed by atoms with van der Waals surface area (Å²) in [5.41, 5.74) is 0. The Morgan fingerprint density at radius 3 is 2.71 bits per heavy atom. The first-order chi connectivity index (χ1) is 3.30. The third-order valence-corrected chi connectivity index (χ3v) is 2.17. The van der Waals surface area contributed by atoms with Gasteiger partial charge in [0.25, 0.3) is 0 Å². The van der Waals surface area contributed by atoms with Crippen molar-refractivity contribution in [2.45, 2.75) is 0 Å². The Labute approximate surface area is 45.9 Å². The van der Waals surface area contributed by atoms with Gasteiger partial charge in [-0.3, -0.25) is 0 Å². The van der Waals surface area contributed by atoms with Gasteiger partial charge in [-0.25, -0.2) is 4.41 Å². The predicted octanol–water partition coefficient (Wildman–Crippen LogP) is 0.410. The first-order valence-corrected chi connectivity index (χ1v) is 3.58. The van der Waals surface area contributed by atoms with Gasteiger partial charge in [0, 0.05) is 7.05 Å². The SMILES string of the molecule is CN1N=C[C]=S1C. The van der Waals surface area contributed by atoms with Crippen LogP contribution < -0.4 is 0 Å². The molecule has 1 heterocycles. The van der Waals surface area contributed by atoms with Gasteiger partial charge in [0.15, 0.2) is 0 Å². The molecule has 1 radical (unpaired) electrons. The lowest BCUT2D eigenvalue weighted by Gasteiger charge is -2.06. The van der Waals surface area contributed by atoms with Gasteiger partial charge in [0.2, 0.25) is 0 Å². The predicted molar refractivity (Wildman–Crippen MR) is 34.8 cm³/mol. The Bertz CT molecular complexity index is 128. The van der Waals surface area contributed by atoms with Crippen molar-refractivity contribution < 1.29 is 0 Å². The Balaban J connectivity index is 2.69. The molecule has 0 saturated heterocycles. The van der Waals surface area contributed by atoms with Gasteiger partial charge in [-0.2, -0.15) is 5.10 Å². The van der Waals surface area contributed by atoms with E-state index < -0.39 is 0 Å². The van der Waals surface area contributed by atoms with Crippen LogP contribution in [0, 0.1) is 0 Å². The lowest BCUT2D eigenvalue weighted by molar-refractivity contribution is 0.624. The minimum Gasteiger partial charge on any atom is -0.248 e. The van der Waals surface area contributed by atoms with E-state index in [2.05, 4.69) is 16.7 Å². The molecule has 0 aromatic rings. The van der Waals surface area contributed by atoms with Gasteiger partial charge in [-0.1, -0.05) is 10.7 Å². The summed E-state index contributed by atoms with van der Waals surface area (Å²) in [4.78, 5) is 0. The van der Waals surface area contributed by atoms with E-state index in [0.29, 0.717) is 0 Å². The summed E-state index contributed by atoms with van der Waals surface area (Å²) < 4.78 is 1.89. The van der Waals surface area contributed by atoms with Crippen molar-refractivity contribution in [1.82, 2.24) is 4.41 Å². The molecule has 1 aliphatic rings. The van der Waals surface area contributed by atoms with E-state index in [0.717, 1.165) is 0 Å². The molecular weight excluding hydrogens is 108 g/mol. The van der Waals surface area contributed by atoms with Crippen LogP contribution in [0.5, 0.6) is 0 Å². The Morgan fingerprint density at radius 1 is 1.86 bits per heavy atom. The van der Waals surface area contributed by atoms with Gasteiger partial charge in [0.1, 0.15) is 0 Å². The normalized spacial score (nSPS) is 28.3. The monoisotopic (exact) mass is 115 g/mol. The fourth-order valence-electron chi connectivity index (χ4n) is 0.328. The highest BCUT2D eigenvalue weighted by atomic mass is 32.2. The molecule has 3 heteroatoms. The van der Waals surface area contributed by atoms with E-state index in [1.807, 2.05) is 11.5 Å². The summed E-state index contributed by atoms with van der Waals surface area (Å²) in [6.45, 7) is 0. The van der Waals surface area contributed by atoms with Crippen LogP contribution >= 0.6 is 10.7 Å². The lowest BCUT2D eigenvalue weighted by atomic mass is 10.9. The lowest BCUT2D eigenvalue weighted by Crippen LogP contribution is -1.95. The number of rotatable bonds is 0. The molecule has 1 aliphatic heterocycles. The standard InChI is InChI=1S/C4H7N2S/c1-6-5-3-4-7(6)2/h3H,1-2H3. The number of hydrogen-bond donors (Lipinski definition) is 0. The maximum absolute atomic E-state index is 3.93. The Hall–Kier alpha value is -0.310. The first-order valence-electron chi connectivity index (χ1n) is 1.99. The van der Waals surface area contributed by atoms with E-state index >= 15 is 0 Å². The van der Waals surface area contributed by atoms with E-state index in [4.69, 9.17) is 0 Å². The van der Waals surface area contributed by atoms with Crippen molar-refractivity contribution in [3.63, 3.8) is 0 Å². The first kappa shape index (κ1) is 4.84. The van der Waals surface area contributed by atoms with Crippen molar-refractivity contribution >= 4 is 22.3 Å². The van der Waals surface area contributed by atoms with Crippen LogP contribution in [0.25, 0.3) is 0 Å². The minimum atomic E-state index is 0.144. The molecule has 1 rings (SSSR count). The molecule has 1 unspecified atom stereocenters. The highest BCUT2D eigenvalue weighted by Crippen LogP contribution is 2.13. The van der Waals surface area contributed by atoms with Crippen LogP contribution in [0.4, 0.5) is 0 Å². The fraction of sp³-hybridized carbons (Fsp3) is 0.500. The summed E-state index contributed by atoms with van der Waals surface area (Å²) in [6.07, 6.45) is 3.79. The molecule has 0 fully saturated rings. The largest absolute Gasteiger partial charge is 0.248 e. The minimum absolute atomic E-state index is 0.144. The molecule has 2 nitrogen and oxygen atoms in total. The van der Waals surface area contributed by atoms with Crippen molar-refractivity contribution in [2.75, 3.05) is 13.3 Å². The van der Waals surface area contributed by atoms with Gasteiger partial charge < -0.3 is 0 Å². The molecule has 0 aliphatic carbocycles. The third kappa shape index (κ3) is 0.825. The summed E-state index contributed by atoms with van der Waals surface area (Å²) in [5, 5.41) is 6.96. The van der Waals surface area contributed by atoms with Crippen molar-refractivity contribution in [2.24, 2.45) is 5.10 Å². The van der Waals surface area contributed by atoms with Crippen LogP contribution in [0.2, 0.25) is 0 Å². The number of hydrogen-bond acceptors (Lipinski definition) is 2. The van der Waals surface area contributed by atoms with Crippen molar-refractivity contribution in [1.29, 1.82) is 0 Å². The second kappa shape index (κ2) is 1.66. The molecule has 0 aromatic carbocycles. The zero-order valence-electron chi connectivity index (χ0n) is 4.38. The summed E-state index contributed by atoms with van der Waals surface area (Å²) in [7, 11) is 2.09. The summed E-state index contributed by atoms with van der Waals surface area (Å²) >= 11 is 0. The smallest absolute Gasteiger partial charge is 0.0638 e. The Kier molecular flexibility index (Phi) is 1.15. The molecule has 39 valence electrons. The van der Waals surface area contributed by atoms with E-state index in [1.165, 1.54) is 0 Å². The highest BCUT2D eigenvalue weighted by Gasteiger charge is 1.95. The molecule has 1 atom stereocenters. The summed E-state index contributed by atoms with van der Waals surface area (Å²) in [6, 6.07) is 0. The quantitative estimate of drug-likeness (QED) is 0.417. The second-order valence-electron chi connectivity index (χ2n) is 1.30. The summed E-state index contributed by atoms with van der Waals surface area (Å²) in [5.74, 6) is 0. The van der Waals surface area contributed by atoms with E-state index in [1.54, 1.807) is 6.21 Å². The number of hydrazone groups is 1. The van der Waals surface area contributed by atoms with Crippen LogP contribution in [-0.2, 0) is 0 Å². The van der Waals surface area contributed by atoms with E-state index in [-0.39, 0.29) is 10.7 Å². The van der Waals surface area contributed by atoms with E-state index in [9.17, 15) is 0 Å². The van der Waals surface area contributed by atoms with Crippen molar-refractivity contribution in [3.05, 3.63) is 0 Å². The fourth-order valence-corrected chi connectivity index (χ4v) is 0.869. The van der Waals surface area contributed by atoms with Crippen LogP contribution in [0.3, 0.4) is 0 Å². The Morgan fingerprint density at radius 2 is 2.57 bits per heavy atom. The third-order valence-electron chi connectivity index (χ3n) is 0.840. The molecule has 0 bridgehead atoms. The molecule has 0 aromatic heterocycles. The molecule has 0 saturated carbocycles. The van der Waals surface area contributed by atoms with Crippen LogP contribution in [0.1, 0.15) is 0 Å².